The van der Waals surface area contributed by atoms with E-state index >= 15 is 0 Å². The molecular weight excluding hydrogens is 616 g/mol. The molecule has 6 atom stereocenters. The molecule has 13 nitrogen and oxygen atoms in total. The normalized spacial score (nSPS) is 23.0. The molecule has 3 rings (SSSR count). The molecule has 1 heterocycles. The fraction of sp³-hybridized carbons (Fsp3) is 0.771. The number of carbonyl (C=O) groups is 6. The van der Waals surface area contributed by atoms with Crippen LogP contribution in [0.1, 0.15) is 88.0 Å². The molecule has 48 heavy (non-hydrogen) atoms. The molecule has 0 aromatic carbocycles. The van der Waals surface area contributed by atoms with Crippen LogP contribution in [0.25, 0.3) is 0 Å². The van der Waals surface area contributed by atoms with Gasteiger partial charge in [0.05, 0.1) is 12.1 Å². The zero-order valence-corrected chi connectivity index (χ0v) is 30.3. The van der Waals surface area contributed by atoms with Crippen molar-refractivity contribution in [3.05, 3.63) is 12.7 Å². The highest BCUT2D eigenvalue weighted by atomic mass is 16.5. The van der Waals surface area contributed by atoms with Gasteiger partial charge in [0.15, 0.2) is 0 Å². The van der Waals surface area contributed by atoms with Crippen molar-refractivity contribution in [1.82, 2.24) is 31.5 Å². The summed E-state index contributed by atoms with van der Waals surface area (Å²) in [6.45, 7) is 21.7. The van der Waals surface area contributed by atoms with Gasteiger partial charge in [0.2, 0.25) is 17.6 Å². The minimum atomic E-state index is -1.04. The largest absolute Gasteiger partial charge is 0.447 e. The molecule has 0 aromatic rings. The number of alkyl carbamates (subject to hydrolysis) is 1. The smallest absolute Gasteiger partial charge is 0.407 e. The van der Waals surface area contributed by atoms with E-state index in [1.807, 2.05) is 48.5 Å². The number of urea groups is 1. The third-order valence-corrected chi connectivity index (χ3v) is 9.95. The Morgan fingerprint density at radius 1 is 0.958 bits per heavy atom. The van der Waals surface area contributed by atoms with E-state index in [-0.39, 0.29) is 36.8 Å². The number of nitrogens with zero attached hydrogens (tertiary/aromatic N) is 1. The molecule has 13 heteroatoms. The maximum absolute atomic E-state index is 14.3. The van der Waals surface area contributed by atoms with Crippen LogP contribution in [0.4, 0.5) is 9.59 Å². The third-order valence-electron chi connectivity index (χ3n) is 9.95. The Morgan fingerprint density at radius 2 is 1.60 bits per heavy atom. The summed E-state index contributed by atoms with van der Waals surface area (Å²) >= 11 is 0. The van der Waals surface area contributed by atoms with E-state index in [4.69, 9.17) is 4.74 Å². The number of fused-ring (bicyclic) bond motifs is 1. The number of ether oxygens (including phenoxy) is 1. The monoisotopic (exact) mass is 674 g/mol. The van der Waals surface area contributed by atoms with Gasteiger partial charge in [-0.3, -0.25) is 19.2 Å². The average molecular weight is 675 g/mol. The topological polar surface area (TPSA) is 175 Å². The number of likely N-dealkylation sites (tertiary alicyclic amines) is 1. The minimum Gasteiger partial charge on any atom is -0.447 e. The Hall–Kier alpha value is -3.64. The summed E-state index contributed by atoms with van der Waals surface area (Å²) in [5.74, 6) is -2.04. The first-order valence-corrected chi connectivity index (χ1v) is 17.2. The van der Waals surface area contributed by atoms with Gasteiger partial charge < -0.3 is 36.2 Å². The molecule has 2 saturated carbocycles. The fourth-order valence-electron chi connectivity index (χ4n) is 6.45. The van der Waals surface area contributed by atoms with Crippen LogP contribution in [-0.2, 0) is 23.9 Å². The molecule has 0 spiro atoms. The molecule has 3 unspecified atom stereocenters. The van der Waals surface area contributed by atoms with Crippen molar-refractivity contribution in [3.8, 4) is 0 Å². The maximum atomic E-state index is 14.3. The van der Waals surface area contributed by atoms with Crippen LogP contribution in [0, 0.1) is 34.0 Å². The zero-order valence-electron chi connectivity index (χ0n) is 30.3. The summed E-state index contributed by atoms with van der Waals surface area (Å²) in [5, 5.41) is 13.8. The van der Waals surface area contributed by atoms with E-state index in [9.17, 15) is 28.8 Å². The van der Waals surface area contributed by atoms with E-state index < -0.39 is 70.6 Å². The Kier molecular flexibility index (Phi) is 12.4. The summed E-state index contributed by atoms with van der Waals surface area (Å²) in [6, 6.07) is -4.08. The highest BCUT2D eigenvalue weighted by molar-refractivity contribution is 6.38. The van der Waals surface area contributed by atoms with Gasteiger partial charge in [-0.05, 0) is 53.3 Å². The molecule has 3 aliphatic rings. The molecule has 0 radical (unpaired) electrons. The van der Waals surface area contributed by atoms with E-state index in [0.717, 1.165) is 12.8 Å². The Labute approximate surface area is 285 Å². The standard InChI is InChI=1S/C35H58N6O7/c1-11-13-22(26(42)29(44)36-16-12-2)38-28(43)25-24-21(35(24,9)10)18-41(25)30(45)27(34(6,7)8)40-31(46)39-23(33(3,4)5)19-48-32(47)37-17-20-14-15-20/h12,20-25,27H,2,11,13-19H2,1,3-10H3,(H,36,44)(H,37,47)(H,38,43)(H2,39,40,46)/t21-,22?,23+,24-,25?,27?/m0/s1. The lowest BCUT2D eigenvalue weighted by Crippen LogP contribution is -2.62. The van der Waals surface area contributed by atoms with Crippen LogP contribution in [0.2, 0.25) is 0 Å². The van der Waals surface area contributed by atoms with Crippen LogP contribution in [0.15, 0.2) is 12.7 Å². The van der Waals surface area contributed by atoms with Gasteiger partial charge in [0.1, 0.15) is 18.7 Å². The highest BCUT2D eigenvalue weighted by Crippen LogP contribution is 2.65. The van der Waals surface area contributed by atoms with Crippen molar-refractivity contribution in [1.29, 1.82) is 0 Å². The lowest BCUT2D eigenvalue weighted by Gasteiger charge is -2.38. The van der Waals surface area contributed by atoms with Gasteiger partial charge in [0, 0.05) is 19.6 Å². The molecule has 3 fully saturated rings. The Bertz CT molecular complexity index is 1250. The van der Waals surface area contributed by atoms with E-state index in [1.54, 1.807) is 0 Å². The molecule has 0 aromatic heterocycles. The Balaban J connectivity index is 1.75. The van der Waals surface area contributed by atoms with Crippen LogP contribution < -0.4 is 26.6 Å². The van der Waals surface area contributed by atoms with Crippen molar-refractivity contribution in [2.75, 3.05) is 26.2 Å². The van der Waals surface area contributed by atoms with Gasteiger partial charge in [-0.25, -0.2) is 9.59 Å². The van der Waals surface area contributed by atoms with Gasteiger partial charge in [0.25, 0.3) is 5.91 Å². The molecule has 2 aliphatic carbocycles. The predicted molar refractivity (Wildman–Crippen MR) is 182 cm³/mol. The average Bonchev–Trinajstić information content (AvgIpc) is 3.85. The minimum absolute atomic E-state index is 0.0579. The first-order chi connectivity index (χ1) is 22.2. The van der Waals surface area contributed by atoms with Crippen molar-refractivity contribution in [2.24, 2.45) is 34.0 Å². The summed E-state index contributed by atoms with van der Waals surface area (Å²) in [6.07, 6.45) is 3.92. The number of hydrogen-bond donors (Lipinski definition) is 5. The van der Waals surface area contributed by atoms with Crippen molar-refractivity contribution >= 4 is 35.6 Å². The van der Waals surface area contributed by atoms with Gasteiger partial charge in [-0.15, -0.1) is 6.58 Å². The second kappa shape index (κ2) is 15.3. The lowest BCUT2D eigenvalue weighted by atomic mass is 9.85. The number of carbonyl (C=O) groups excluding carboxylic acids is 6. The summed E-state index contributed by atoms with van der Waals surface area (Å²) < 4.78 is 5.42. The van der Waals surface area contributed by atoms with Crippen LogP contribution in [-0.4, -0.2) is 90.9 Å². The van der Waals surface area contributed by atoms with Crippen LogP contribution in [0.3, 0.4) is 0 Å². The third kappa shape index (κ3) is 9.72. The zero-order chi connectivity index (χ0) is 36.2. The number of amides is 6. The second-order valence-corrected chi connectivity index (χ2v) is 16.4. The molecule has 0 bridgehead atoms. The number of Topliss-reactive ketones (excluding diaryl/α,β-unsaturated/α-hetero) is 1. The van der Waals surface area contributed by atoms with Gasteiger partial charge in [-0.1, -0.05) is 74.8 Å². The first-order valence-electron chi connectivity index (χ1n) is 17.2. The molecule has 6 amide bonds. The molecule has 270 valence electrons. The Morgan fingerprint density at radius 3 is 2.15 bits per heavy atom. The predicted octanol–water partition coefficient (Wildman–Crippen LogP) is 2.89. The van der Waals surface area contributed by atoms with E-state index in [2.05, 4.69) is 47.0 Å². The summed E-state index contributed by atoms with van der Waals surface area (Å²) in [4.78, 5) is 80.8. The molecule has 5 N–H and O–H groups in total. The van der Waals surface area contributed by atoms with E-state index in [0.29, 0.717) is 25.4 Å². The molecular formula is C35H58N6O7. The first kappa shape index (κ1) is 38.8. The number of piperidine rings is 1. The number of hydrogen-bond acceptors (Lipinski definition) is 7. The lowest BCUT2D eigenvalue weighted by molar-refractivity contribution is -0.145. The molecule has 1 saturated heterocycles. The van der Waals surface area contributed by atoms with Gasteiger partial charge >= 0.3 is 12.1 Å². The van der Waals surface area contributed by atoms with Crippen molar-refractivity contribution < 1.29 is 33.5 Å². The van der Waals surface area contributed by atoms with Crippen molar-refractivity contribution in [2.45, 2.75) is 112 Å². The maximum Gasteiger partial charge on any atom is 0.407 e. The second-order valence-electron chi connectivity index (χ2n) is 16.4. The quantitative estimate of drug-likeness (QED) is 0.131. The highest BCUT2D eigenvalue weighted by Gasteiger charge is 2.70. The summed E-state index contributed by atoms with van der Waals surface area (Å²) in [7, 11) is 0. The van der Waals surface area contributed by atoms with Crippen LogP contribution >= 0.6 is 0 Å². The van der Waals surface area contributed by atoms with E-state index in [1.165, 1.54) is 11.0 Å². The number of rotatable bonds is 15. The number of nitrogens with one attached hydrogen (secondary N) is 5. The molecule has 1 aliphatic heterocycles. The SMILES string of the molecule is C=CCNC(=O)C(=O)C(CCC)NC(=O)C1[C@@H]2[C@H](CN1C(=O)C(NC(=O)N[C@H](COC(=O)NCC1CC1)C(C)(C)C)C(C)(C)C)C2(C)C. The van der Waals surface area contributed by atoms with Gasteiger partial charge in [-0.2, -0.15) is 0 Å². The fourth-order valence-corrected chi connectivity index (χ4v) is 6.45. The summed E-state index contributed by atoms with van der Waals surface area (Å²) in [5.41, 5.74) is -1.41. The van der Waals surface area contributed by atoms with Crippen molar-refractivity contribution in [3.63, 3.8) is 0 Å². The number of ketones is 1. The van der Waals surface area contributed by atoms with Crippen LogP contribution in [0.5, 0.6) is 0 Å².